The van der Waals surface area contributed by atoms with Gasteiger partial charge in [-0.15, -0.1) is 0 Å². The first-order chi connectivity index (χ1) is 13.9. The molecule has 0 saturated carbocycles. The number of nitrogens with one attached hydrogen (secondary N) is 2. The largest absolute Gasteiger partial charge is 0.379 e. The van der Waals surface area contributed by atoms with Crippen LogP contribution < -0.4 is 10.6 Å². The van der Waals surface area contributed by atoms with Crippen molar-refractivity contribution < 1.29 is 26.7 Å². The summed E-state index contributed by atoms with van der Waals surface area (Å²) in [4.78, 5) is 22.8. The van der Waals surface area contributed by atoms with Crippen LogP contribution in [-0.4, -0.2) is 64.5 Å². The number of carbonyl (C=O) groups is 2. The molecule has 176 valence electrons. The van der Waals surface area contributed by atoms with Gasteiger partial charge in [0.25, 0.3) is 0 Å². The lowest BCUT2D eigenvalue weighted by Crippen LogP contribution is -2.28. The first kappa shape index (κ1) is 27.8. The summed E-state index contributed by atoms with van der Waals surface area (Å²) in [5.41, 5.74) is 0. The molecule has 0 bridgehead atoms. The summed E-state index contributed by atoms with van der Waals surface area (Å²) in [6.07, 6.45) is 6.09. The van der Waals surface area contributed by atoms with Crippen LogP contribution in [0.25, 0.3) is 0 Å². The third-order valence-corrected chi connectivity index (χ3v) is 4.32. The van der Waals surface area contributed by atoms with Gasteiger partial charge in [-0.2, -0.15) is 0 Å². The topological polar surface area (TPSA) is 85.9 Å². The number of hydrogen-bond acceptors (Lipinski definition) is 5. The first-order valence-corrected chi connectivity index (χ1v) is 11.2. The summed E-state index contributed by atoms with van der Waals surface area (Å²) < 4.78 is 16.5. The minimum Gasteiger partial charge on any atom is -0.379 e. The van der Waals surface area contributed by atoms with Crippen LogP contribution in [0.3, 0.4) is 0 Å². The quantitative estimate of drug-likeness (QED) is 0.295. The van der Waals surface area contributed by atoms with Crippen molar-refractivity contribution in [1.29, 1.82) is 0 Å². The molecule has 0 aliphatic rings. The molecule has 0 rings (SSSR count). The maximum Gasteiger partial charge on any atom is 0.222 e. The van der Waals surface area contributed by atoms with E-state index >= 15 is 0 Å². The highest BCUT2D eigenvalue weighted by Gasteiger charge is 2.05. The van der Waals surface area contributed by atoms with Gasteiger partial charge in [0.05, 0.1) is 26.4 Å². The summed E-state index contributed by atoms with van der Waals surface area (Å²) >= 11 is 0. The fourth-order valence-electron chi connectivity index (χ4n) is 2.39. The molecular weight excluding hydrogens is 372 g/mol. The molecule has 0 aromatic carbocycles. The van der Waals surface area contributed by atoms with Gasteiger partial charge in [-0.25, -0.2) is 0 Å². The predicted molar refractivity (Wildman–Crippen MR) is 120 cm³/mol. The molecule has 0 saturated heterocycles. The fraction of sp³-hybridized carbons (Fsp3) is 0.909. The third-order valence-electron chi connectivity index (χ3n) is 4.32. The minimum absolute atomic E-state index is 0. The van der Waals surface area contributed by atoms with E-state index in [1.807, 2.05) is 27.7 Å². The Balaban J connectivity index is -0.00000392. The number of hydrogen-bond donors (Lipinski definition) is 2. The van der Waals surface area contributed by atoms with Crippen LogP contribution in [0.2, 0.25) is 0 Å². The average molecular weight is 421 g/mol. The normalized spacial score (nSPS) is 11.2. The fourth-order valence-corrected chi connectivity index (χ4v) is 2.39. The lowest BCUT2D eigenvalue weighted by molar-refractivity contribution is -0.124. The molecule has 0 aromatic heterocycles. The highest BCUT2D eigenvalue weighted by molar-refractivity contribution is 5.78. The minimum atomic E-state index is 0. The van der Waals surface area contributed by atoms with E-state index in [0.29, 0.717) is 26.4 Å². The van der Waals surface area contributed by atoms with E-state index < -0.39 is 0 Å². The molecule has 0 aliphatic heterocycles. The molecule has 0 atom stereocenters. The molecule has 7 nitrogen and oxygen atoms in total. The molecule has 29 heavy (non-hydrogen) atoms. The Morgan fingerprint density at radius 1 is 0.586 bits per heavy atom. The number of rotatable bonds is 20. The smallest absolute Gasteiger partial charge is 0.222 e. The van der Waals surface area contributed by atoms with Crippen molar-refractivity contribution in [2.45, 2.75) is 66.2 Å². The Labute approximate surface area is 180 Å². The molecule has 0 fully saturated rings. The second-order valence-electron chi connectivity index (χ2n) is 7.85. The Morgan fingerprint density at radius 3 is 1.28 bits per heavy atom. The lowest BCUT2D eigenvalue weighted by atomic mass is 10.2. The molecule has 2 N–H and O–H groups in total. The van der Waals surface area contributed by atoms with Gasteiger partial charge in [0.1, 0.15) is 0 Å². The summed E-state index contributed by atoms with van der Waals surface area (Å²) in [6, 6.07) is 0. The van der Waals surface area contributed by atoms with Gasteiger partial charge in [-0.1, -0.05) is 27.7 Å². The zero-order chi connectivity index (χ0) is 21.7. The highest BCUT2D eigenvalue weighted by atomic mass is 16.5. The number of unbranched alkanes of at least 4 members (excludes halogenated alkanes) is 4. The summed E-state index contributed by atoms with van der Waals surface area (Å²) in [5, 5.41) is 5.83. The van der Waals surface area contributed by atoms with E-state index in [1.54, 1.807) is 0 Å². The van der Waals surface area contributed by atoms with E-state index in [9.17, 15) is 9.59 Å². The predicted octanol–water partition coefficient (Wildman–Crippen LogP) is 3.41. The molecule has 0 spiro atoms. The second kappa shape index (κ2) is 20.1. The van der Waals surface area contributed by atoms with Crippen LogP contribution in [0.1, 0.15) is 69.1 Å². The maximum atomic E-state index is 11.4. The monoisotopic (exact) mass is 420 g/mol. The Morgan fingerprint density at radius 2 is 0.931 bits per heavy atom. The van der Waals surface area contributed by atoms with Crippen LogP contribution in [-0.2, 0) is 23.8 Å². The second-order valence-corrected chi connectivity index (χ2v) is 7.85. The van der Waals surface area contributed by atoms with Gasteiger partial charge in [0.15, 0.2) is 0 Å². The van der Waals surface area contributed by atoms with Crippen LogP contribution in [0.15, 0.2) is 0 Å². The lowest BCUT2D eigenvalue weighted by Gasteiger charge is -2.08. The molecule has 0 unspecified atom stereocenters. The van der Waals surface area contributed by atoms with Crippen molar-refractivity contribution in [3.8, 4) is 0 Å². The first-order valence-electron chi connectivity index (χ1n) is 11.2. The molecule has 7 heteroatoms. The summed E-state index contributed by atoms with van der Waals surface area (Å²) in [7, 11) is 0. The Hall–Kier alpha value is -1.18. The van der Waals surface area contributed by atoms with E-state index in [4.69, 9.17) is 14.2 Å². The standard InChI is InChI=1S/C22H44N2O5.2H2/c1-19(2)21(25)23-11-7-5-9-13-27-15-17-29-18-16-28-14-10-6-8-12-24-22(26)20(3)4;;/h19-20H,5-18H2,1-4H3,(H,23,25)(H,24,26);2*1H. The van der Waals surface area contributed by atoms with Crippen LogP contribution in [0.4, 0.5) is 0 Å². The van der Waals surface area contributed by atoms with Crippen LogP contribution in [0.5, 0.6) is 0 Å². The van der Waals surface area contributed by atoms with Gasteiger partial charge in [0.2, 0.25) is 11.8 Å². The Bertz CT molecular complexity index is 377. The molecule has 0 heterocycles. The van der Waals surface area contributed by atoms with Crippen molar-refractivity contribution >= 4 is 11.8 Å². The maximum absolute atomic E-state index is 11.4. The zero-order valence-electron chi connectivity index (χ0n) is 19.1. The van der Waals surface area contributed by atoms with Crippen molar-refractivity contribution in [3.63, 3.8) is 0 Å². The van der Waals surface area contributed by atoms with Gasteiger partial charge < -0.3 is 24.8 Å². The van der Waals surface area contributed by atoms with Gasteiger partial charge in [-0.05, 0) is 38.5 Å². The average Bonchev–Trinajstić information content (AvgIpc) is 2.69. The number of ether oxygens (including phenoxy) is 3. The van der Waals surface area contributed by atoms with Crippen molar-refractivity contribution in [2.75, 3.05) is 52.7 Å². The van der Waals surface area contributed by atoms with E-state index in [2.05, 4.69) is 10.6 Å². The molecule has 2 amide bonds. The third kappa shape index (κ3) is 19.9. The number of carbonyl (C=O) groups excluding carboxylic acids is 2. The van der Waals surface area contributed by atoms with Gasteiger partial charge in [-0.3, -0.25) is 9.59 Å². The van der Waals surface area contributed by atoms with Crippen molar-refractivity contribution in [2.24, 2.45) is 11.8 Å². The molecule has 0 aromatic rings. The van der Waals surface area contributed by atoms with Crippen LogP contribution >= 0.6 is 0 Å². The zero-order valence-corrected chi connectivity index (χ0v) is 19.1. The van der Waals surface area contributed by atoms with Gasteiger partial charge >= 0.3 is 0 Å². The van der Waals surface area contributed by atoms with Crippen LogP contribution in [0, 0.1) is 11.8 Å². The Kier molecular flexibility index (Phi) is 19.3. The molecule has 0 radical (unpaired) electrons. The van der Waals surface area contributed by atoms with Gasteiger partial charge in [0, 0.05) is 41.0 Å². The molecule has 0 aliphatic carbocycles. The summed E-state index contributed by atoms with van der Waals surface area (Å²) in [5.74, 6) is 0.349. The highest BCUT2D eigenvalue weighted by Crippen LogP contribution is 1.98. The van der Waals surface area contributed by atoms with Crippen molar-refractivity contribution in [1.82, 2.24) is 10.6 Å². The summed E-state index contributed by atoms with van der Waals surface area (Å²) in [6.45, 7) is 12.9. The SMILES string of the molecule is CC(C)C(=O)NCCCCCOCCOCCOCCCCCNC(=O)C(C)C.[HH].[HH]. The van der Waals surface area contributed by atoms with E-state index in [0.717, 1.165) is 64.8 Å². The van der Waals surface area contributed by atoms with Crippen molar-refractivity contribution in [3.05, 3.63) is 0 Å². The van der Waals surface area contributed by atoms with E-state index in [1.165, 1.54) is 0 Å². The number of amides is 2. The molecular formula is C22H48N2O5. The van der Waals surface area contributed by atoms with E-state index in [-0.39, 0.29) is 26.5 Å².